The number of nitrogens with zero attached hydrogens (tertiary/aromatic N) is 3. The summed E-state index contributed by atoms with van der Waals surface area (Å²) in [7, 11) is 0. The average Bonchev–Trinajstić information content (AvgIpc) is 2.33. The van der Waals surface area contributed by atoms with Gasteiger partial charge in [0.15, 0.2) is 0 Å². The molecule has 0 aliphatic carbocycles. The topological polar surface area (TPSA) is 114 Å². The number of carbonyl (C=O) groups is 2. The molecule has 8 nitrogen and oxygen atoms in total. The molecule has 1 aliphatic heterocycles. The highest BCUT2D eigenvalue weighted by atomic mass is 32.2. The van der Waals surface area contributed by atoms with E-state index in [-0.39, 0.29) is 6.54 Å². The zero-order valence-electron chi connectivity index (χ0n) is 5.59. The molecule has 1 rings (SSSR count). The molecule has 66 valence electrons. The van der Waals surface area contributed by atoms with E-state index in [9.17, 15) is 18.4 Å². The number of hydrogen-bond acceptors (Lipinski definition) is 6. The predicted octanol–water partition coefficient (Wildman–Crippen LogP) is -1.30. The van der Waals surface area contributed by atoms with Crippen LogP contribution in [0.2, 0.25) is 0 Å². The van der Waals surface area contributed by atoms with Gasteiger partial charge in [0, 0.05) is 11.3 Å². The van der Waals surface area contributed by atoms with Crippen LogP contribution in [0.5, 0.6) is 0 Å². The van der Waals surface area contributed by atoms with Crippen LogP contribution < -0.4 is 4.72 Å². The summed E-state index contributed by atoms with van der Waals surface area (Å²) in [5.74, 6) is -0.669. The first-order valence-corrected chi connectivity index (χ1v) is 3.79. The van der Waals surface area contributed by atoms with E-state index in [2.05, 4.69) is 10.3 Å². The van der Waals surface area contributed by atoms with Gasteiger partial charge in [-0.3, -0.25) is 13.7 Å². The molecule has 1 N–H and O–H groups in total. The van der Waals surface area contributed by atoms with Crippen LogP contribution in [0, 0.1) is 0 Å². The Morgan fingerprint density at radius 1 is 1.75 bits per heavy atom. The Morgan fingerprint density at radius 2 is 2.42 bits per heavy atom. The quantitative estimate of drug-likeness (QED) is 0.518. The van der Waals surface area contributed by atoms with Crippen LogP contribution in [0.1, 0.15) is 0 Å². The number of amides is 3. The van der Waals surface area contributed by atoms with Crippen molar-refractivity contribution in [3.8, 4) is 0 Å². The molecular formula is C3H3N4O4S-. The molecule has 9 heteroatoms. The first-order chi connectivity index (χ1) is 5.61. The van der Waals surface area contributed by atoms with Crippen LogP contribution >= 0.6 is 0 Å². The Kier molecular flexibility index (Phi) is 2.45. The fourth-order valence-electron chi connectivity index (χ4n) is 0.541. The molecule has 0 aromatic carbocycles. The van der Waals surface area contributed by atoms with E-state index in [1.807, 2.05) is 0 Å². The summed E-state index contributed by atoms with van der Waals surface area (Å²) >= 11 is -2.75. The van der Waals surface area contributed by atoms with Crippen LogP contribution in [0.4, 0.5) is 4.79 Å². The predicted molar refractivity (Wildman–Crippen MR) is 34.0 cm³/mol. The molecule has 0 fully saturated rings. The van der Waals surface area contributed by atoms with Gasteiger partial charge >= 0.3 is 6.03 Å². The molecular weight excluding hydrogens is 188 g/mol. The van der Waals surface area contributed by atoms with Crippen LogP contribution in [-0.2, 0) is 16.1 Å². The van der Waals surface area contributed by atoms with E-state index in [1.54, 1.807) is 0 Å². The molecule has 1 unspecified atom stereocenters. The maximum Gasteiger partial charge on any atom is 0.357 e. The summed E-state index contributed by atoms with van der Waals surface area (Å²) in [4.78, 5) is 21.4. The van der Waals surface area contributed by atoms with Gasteiger partial charge in [-0.1, -0.05) is 5.22 Å². The lowest BCUT2D eigenvalue weighted by Gasteiger charge is -2.10. The molecule has 1 atom stereocenters. The van der Waals surface area contributed by atoms with Gasteiger partial charge in [-0.15, -0.1) is 5.01 Å². The molecule has 1 aliphatic rings. The van der Waals surface area contributed by atoms with Gasteiger partial charge in [-0.05, 0) is 0 Å². The number of rotatable bonds is 1. The van der Waals surface area contributed by atoms with Gasteiger partial charge in [0.25, 0.3) is 5.91 Å². The molecule has 0 saturated carbocycles. The second-order valence-electron chi connectivity index (χ2n) is 1.74. The highest BCUT2D eigenvalue weighted by Crippen LogP contribution is 2.01. The fourth-order valence-corrected chi connectivity index (χ4v) is 0.770. The zero-order valence-corrected chi connectivity index (χ0v) is 6.41. The van der Waals surface area contributed by atoms with E-state index in [4.69, 9.17) is 0 Å². The van der Waals surface area contributed by atoms with Crippen molar-refractivity contribution in [2.75, 3.05) is 6.54 Å². The lowest BCUT2D eigenvalue weighted by atomic mass is 10.6. The first-order valence-electron chi connectivity index (χ1n) is 2.71. The SMILES string of the molecule is O=C1CN=NN1C(=O)NS(=O)[O-]. The van der Waals surface area contributed by atoms with E-state index < -0.39 is 23.2 Å². The number of urea groups is 1. The van der Waals surface area contributed by atoms with Crippen LogP contribution in [0.3, 0.4) is 0 Å². The number of hydrogen-bond donors (Lipinski definition) is 1. The molecule has 1 heterocycles. The van der Waals surface area contributed by atoms with Crippen LogP contribution in [-0.4, -0.2) is 32.3 Å². The van der Waals surface area contributed by atoms with Crippen molar-refractivity contribution in [3.05, 3.63) is 0 Å². The molecule has 0 bridgehead atoms. The normalized spacial score (nSPS) is 18.1. The van der Waals surface area contributed by atoms with Crippen LogP contribution in [0.25, 0.3) is 0 Å². The minimum absolute atomic E-state index is 0.237. The fraction of sp³-hybridized carbons (Fsp3) is 0.333. The van der Waals surface area contributed by atoms with E-state index in [1.165, 1.54) is 4.72 Å². The third-order valence-electron chi connectivity index (χ3n) is 0.958. The van der Waals surface area contributed by atoms with E-state index in [0.717, 1.165) is 0 Å². The molecule has 0 radical (unpaired) electrons. The summed E-state index contributed by atoms with van der Waals surface area (Å²) in [6, 6.07) is -1.13. The third-order valence-corrected chi connectivity index (χ3v) is 1.30. The highest BCUT2D eigenvalue weighted by Gasteiger charge is 2.25. The van der Waals surface area contributed by atoms with E-state index >= 15 is 0 Å². The highest BCUT2D eigenvalue weighted by molar-refractivity contribution is 7.77. The van der Waals surface area contributed by atoms with Crippen molar-refractivity contribution in [2.45, 2.75) is 0 Å². The largest absolute Gasteiger partial charge is 0.755 e. The molecule has 0 spiro atoms. The second kappa shape index (κ2) is 3.36. The minimum atomic E-state index is -2.75. The maximum atomic E-state index is 10.7. The summed E-state index contributed by atoms with van der Waals surface area (Å²) in [6.07, 6.45) is 0. The van der Waals surface area contributed by atoms with Crippen molar-refractivity contribution >= 4 is 23.2 Å². The standard InChI is InChI=1S/C3H4N4O4S/c8-2-1-4-6-7(2)3(9)5-12(10)11/h1H2,(H,5,9)(H,10,11)/p-1. The van der Waals surface area contributed by atoms with Gasteiger partial charge in [0.05, 0.1) is 0 Å². The third kappa shape index (κ3) is 1.83. The summed E-state index contributed by atoms with van der Waals surface area (Å²) in [6.45, 7) is -0.237. The van der Waals surface area contributed by atoms with Gasteiger partial charge in [0.2, 0.25) is 0 Å². The summed E-state index contributed by atoms with van der Waals surface area (Å²) < 4.78 is 21.3. The second-order valence-corrected chi connectivity index (χ2v) is 2.41. The maximum absolute atomic E-state index is 10.7. The van der Waals surface area contributed by atoms with Crippen LogP contribution in [0.15, 0.2) is 10.3 Å². The Balaban J connectivity index is 2.58. The molecule has 12 heavy (non-hydrogen) atoms. The average molecular weight is 191 g/mol. The number of nitrogens with one attached hydrogen (secondary N) is 1. The zero-order chi connectivity index (χ0) is 9.14. The van der Waals surface area contributed by atoms with E-state index in [0.29, 0.717) is 5.01 Å². The van der Waals surface area contributed by atoms with Crippen molar-refractivity contribution in [1.82, 2.24) is 9.73 Å². The molecule has 0 aromatic rings. The Bertz CT molecular complexity index is 275. The molecule has 3 amide bonds. The van der Waals surface area contributed by atoms with Gasteiger partial charge in [0.1, 0.15) is 6.54 Å². The van der Waals surface area contributed by atoms with Crippen molar-refractivity contribution in [1.29, 1.82) is 0 Å². The molecule has 0 aromatic heterocycles. The van der Waals surface area contributed by atoms with Gasteiger partial charge < -0.3 is 4.55 Å². The monoisotopic (exact) mass is 191 g/mol. The number of imide groups is 1. The lowest BCUT2D eigenvalue weighted by Crippen LogP contribution is -2.39. The van der Waals surface area contributed by atoms with Gasteiger partial charge in [-0.25, -0.2) is 4.79 Å². The van der Waals surface area contributed by atoms with Crippen molar-refractivity contribution < 1.29 is 18.4 Å². The first kappa shape index (κ1) is 8.74. The lowest BCUT2D eigenvalue weighted by molar-refractivity contribution is -0.124. The van der Waals surface area contributed by atoms with Gasteiger partial charge in [-0.2, -0.15) is 5.11 Å². The molecule has 0 saturated heterocycles. The van der Waals surface area contributed by atoms with Crippen molar-refractivity contribution in [3.63, 3.8) is 0 Å². The summed E-state index contributed by atoms with van der Waals surface area (Å²) in [5, 5.41) is 6.65. The Hall–Kier alpha value is -1.35. The smallest absolute Gasteiger partial charge is 0.357 e. The minimum Gasteiger partial charge on any atom is -0.755 e. The Morgan fingerprint density at radius 3 is 2.83 bits per heavy atom. The van der Waals surface area contributed by atoms with Crippen molar-refractivity contribution in [2.24, 2.45) is 10.3 Å². The summed E-state index contributed by atoms with van der Waals surface area (Å²) in [5.41, 5.74) is 0. The number of carbonyl (C=O) groups excluding carboxylic acids is 2. The Labute approximate surface area is 69.0 Å².